The van der Waals surface area contributed by atoms with Gasteiger partial charge in [-0.15, -0.1) is 6.42 Å². The molecule has 0 radical (unpaired) electrons. The zero-order valence-electron chi connectivity index (χ0n) is 18.1. The quantitative estimate of drug-likeness (QED) is 0.191. The Bertz CT molecular complexity index is 1100. The lowest BCUT2D eigenvalue weighted by Crippen LogP contribution is -2.48. The Balaban J connectivity index is 2.10. The lowest BCUT2D eigenvalue weighted by molar-refractivity contribution is -0.123. The second kappa shape index (κ2) is 12.7. The van der Waals surface area contributed by atoms with Crippen LogP contribution in [0.2, 0.25) is 10.0 Å². The predicted octanol–water partition coefficient (Wildman–Crippen LogP) is 4.52. The monoisotopic (exact) mass is 601 g/mol. The van der Waals surface area contributed by atoms with E-state index in [0.29, 0.717) is 27.6 Å². The van der Waals surface area contributed by atoms with Gasteiger partial charge in [0, 0.05) is 5.56 Å². The van der Waals surface area contributed by atoms with E-state index in [1.165, 1.54) is 31.5 Å². The second-order valence-electron chi connectivity index (χ2n) is 7.09. The van der Waals surface area contributed by atoms with Crippen LogP contribution in [-0.2, 0) is 4.79 Å². The van der Waals surface area contributed by atoms with Crippen LogP contribution in [0.1, 0.15) is 29.8 Å². The number of nitrogens with one attached hydrogen (secondary N) is 2. The Morgan fingerprint density at radius 2 is 1.97 bits per heavy atom. The lowest BCUT2D eigenvalue weighted by Gasteiger charge is -2.20. The highest BCUT2D eigenvalue weighted by Crippen LogP contribution is 2.33. The number of hydrazone groups is 1. The molecule has 0 saturated heterocycles. The molecule has 2 aromatic rings. The van der Waals surface area contributed by atoms with Crippen LogP contribution in [0.15, 0.2) is 35.4 Å². The zero-order chi connectivity index (χ0) is 24.5. The highest BCUT2D eigenvalue weighted by atomic mass is 127. The molecular weight excluding hydrogens is 580 g/mol. The van der Waals surface area contributed by atoms with Crippen LogP contribution in [0.4, 0.5) is 0 Å². The molecule has 7 nitrogen and oxygen atoms in total. The van der Waals surface area contributed by atoms with Gasteiger partial charge in [-0.1, -0.05) is 43.0 Å². The third-order valence-corrected chi connectivity index (χ3v) is 5.90. The van der Waals surface area contributed by atoms with Crippen LogP contribution in [0.25, 0.3) is 0 Å². The second-order valence-corrected chi connectivity index (χ2v) is 9.06. The van der Waals surface area contributed by atoms with E-state index in [9.17, 15) is 9.59 Å². The Morgan fingerprint density at radius 3 is 2.58 bits per heavy atom. The zero-order valence-corrected chi connectivity index (χ0v) is 21.8. The van der Waals surface area contributed by atoms with E-state index in [-0.39, 0.29) is 17.5 Å². The van der Waals surface area contributed by atoms with Gasteiger partial charge >= 0.3 is 0 Å². The molecule has 2 rings (SSSR count). The minimum Gasteiger partial charge on any atom is -0.493 e. The standard InChI is InChI=1S/C23H22Cl2IN3O4/c1-5-8-33-21-18(26)9-14(10-19(21)32-4)12-27-29-23(31)20(13(2)3)28-22(30)15-6-7-16(24)17(25)11-15/h1,6-7,9-13,20H,8H2,2-4H3,(H,28,30)(H,29,31)/b27-12+. The number of hydrogen-bond donors (Lipinski definition) is 2. The van der Waals surface area contributed by atoms with Crippen LogP contribution in [0, 0.1) is 21.8 Å². The van der Waals surface area contributed by atoms with Gasteiger partial charge in [-0.05, 0) is 64.4 Å². The number of carbonyl (C=O) groups is 2. The molecule has 0 bridgehead atoms. The van der Waals surface area contributed by atoms with Gasteiger partial charge in [0.2, 0.25) is 0 Å². The third kappa shape index (κ3) is 7.52. The first kappa shape index (κ1) is 26.8. The summed E-state index contributed by atoms with van der Waals surface area (Å²) in [5.41, 5.74) is 3.43. The average Bonchev–Trinajstić information content (AvgIpc) is 2.77. The highest BCUT2D eigenvalue weighted by molar-refractivity contribution is 14.1. The number of benzene rings is 2. The SMILES string of the molecule is C#CCOc1c(I)cc(/C=N/NC(=O)C(NC(=O)c2ccc(Cl)c(Cl)c2)C(C)C)cc1OC. The predicted molar refractivity (Wildman–Crippen MR) is 138 cm³/mol. The molecular formula is C23H22Cl2IN3O4. The van der Waals surface area contributed by atoms with Gasteiger partial charge in [0.15, 0.2) is 11.5 Å². The Hall–Kier alpha value is -2.48. The van der Waals surface area contributed by atoms with E-state index in [4.69, 9.17) is 39.1 Å². The molecule has 1 unspecified atom stereocenters. The molecule has 2 amide bonds. The van der Waals surface area contributed by atoms with Crippen molar-refractivity contribution in [1.29, 1.82) is 0 Å². The molecule has 0 aromatic heterocycles. The number of methoxy groups -OCH3 is 1. The van der Waals surface area contributed by atoms with Crippen molar-refractivity contribution in [2.45, 2.75) is 19.9 Å². The van der Waals surface area contributed by atoms with Crippen LogP contribution >= 0.6 is 45.8 Å². The van der Waals surface area contributed by atoms with Gasteiger partial charge in [0.05, 0.1) is 26.9 Å². The van der Waals surface area contributed by atoms with Crippen molar-refractivity contribution in [2.75, 3.05) is 13.7 Å². The van der Waals surface area contributed by atoms with E-state index in [0.717, 1.165) is 3.57 Å². The first-order valence-corrected chi connectivity index (χ1v) is 11.5. The number of halogens is 3. The topological polar surface area (TPSA) is 89.0 Å². The largest absolute Gasteiger partial charge is 0.493 e. The minimum atomic E-state index is -0.821. The number of nitrogens with zero attached hydrogens (tertiary/aromatic N) is 1. The first-order valence-electron chi connectivity index (χ1n) is 9.70. The highest BCUT2D eigenvalue weighted by Gasteiger charge is 2.24. The van der Waals surface area contributed by atoms with Gasteiger partial charge in [-0.2, -0.15) is 5.10 Å². The lowest BCUT2D eigenvalue weighted by atomic mass is 10.0. The number of terminal acetylenes is 1. The van der Waals surface area contributed by atoms with E-state index >= 15 is 0 Å². The van der Waals surface area contributed by atoms with Crippen molar-refractivity contribution >= 4 is 63.8 Å². The molecule has 10 heteroatoms. The molecule has 0 aliphatic rings. The average molecular weight is 602 g/mol. The summed E-state index contributed by atoms with van der Waals surface area (Å²) in [5.74, 6) is 2.31. The van der Waals surface area contributed by atoms with Crippen LogP contribution in [-0.4, -0.2) is 37.8 Å². The fourth-order valence-corrected chi connectivity index (χ4v) is 3.78. The molecule has 1 atom stereocenters. The molecule has 2 N–H and O–H groups in total. The number of rotatable bonds is 9. The van der Waals surface area contributed by atoms with E-state index in [2.05, 4.69) is 44.4 Å². The Labute approximate surface area is 216 Å². The number of amides is 2. The van der Waals surface area contributed by atoms with Crippen molar-refractivity contribution in [1.82, 2.24) is 10.7 Å². The molecule has 0 aliphatic heterocycles. The maximum absolute atomic E-state index is 12.7. The Kier molecular flexibility index (Phi) is 10.3. The molecule has 0 spiro atoms. The summed E-state index contributed by atoms with van der Waals surface area (Å²) in [7, 11) is 1.51. The molecule has 0 saturated carbocycles. The first-order chi connectivity index (χ1) is 15.7. The summed E-state index contributed by atoms with van der Waals surface area (Å²) < 4.78 is 11.6. The summed E-state index contributed by atoms with van der Waals surface area (Å²) in [6, 6.07) is 7.18. The van der Waals surface area contributed by atoms with Crippen molar-refractivity contribution < 1.29 is 19.1 Å². The van der Waals surface area contributed by atoms with Gasteiger partial charge in [-0.25, -0.2) is 5.43 Å². The number of hydrogen-bond acceptors (Lipinski definition) is 5. The summed E-state index contributed by atoms with van der Waals surface area (Å²) in [4.78, 5) is 25.2. The summed E-state index contributed by atoms with van der Waals surface area (Å²) >= 11 is 14.0. The van der Waals surface area contributed by atoms with Crippen molar-refractivity contribution in [2.24, 2.45) is 11.0 Å². The normalized spacial score (nSPS) is 11.7. The molecule has 0 fully saturated rings. The van der Waals surface area contributed by atoms with Gasteiger partial charge in [0.1, 0.15) is 12.6 Å². The maximum atomic E-state index is 12.7. The molecule has 174 valence electrons. The van der Waals surface area contributed by atoms with E-state index in [1.807, 2.05) is 13.8 Å². The minimum absolute atomic E-state index is 0.111. The van der Waals surface area contributed by atoms with Gasteiger partial charge < -0.3 is 14.8 Å². The fourth-order valence-electron chi connectivity index (χ4n) is 2.71. The van der Waals surface area contributed by atoms with Crippen molar-refractivity contribution in [3.8, 4) is 23.8 Å². The molecule has 0 heterocycles. The van der Waals surface area contributed by atoms with Crippen LogP contribution in [0.3, 0.4) is 0 Å². The summed E-state index contributed by atoms with van der Waals surface area (Å²) in [6.45, 7) is 3.73. The molecule has 33 heavy (non-hydrogen) atoms. The molecule has 2 aromatic carbocycles. The van der Waals surface area contributed by atoms with Crippen LogP contribution in [0.5, 0.6) is 11.5 Å². The van der Waals surface area contributed by atoms with Gasteiger partial charge in [0.25, 0.3) is 11.8 Å². The molecule has 0 aliphatic carbocycles. The fraction of sp³-hybridized carbons (Fsp3) is 0.261. The third-order valence-electron chi connectivity index (χ3n) is 4.36. The number of ether oxygens (including phenoxy) is 2. The number of carbonyl (C=O) groups excluding carboxylic acids is 2. The van der Waals surface area contributed by atoms with E-state index in [1.54, 1.807) is 12.1 Å². The summed E-state index contributed by atoms with van der Waals surface area (Å²) in [5, 5.41) is 7.30. The van der Waals surface area contributed by atoms with Crippen molar-refractivity contribution in [3.63, 3.8) is 0 Å². The maximum Gasteiger partial charge on any atom is 0.262 e. The Morgan fingerprint density at radius 1 is 1.24 bits per heavy atom. The van der Waals surface area contributed by atoms with Crippen molar-refractivity contribution in [3.05, 3.63) is 55.1 Å². The van der Waals surface area contributed by atoms with E-state index < -0.39 is 17.9 Å². The summed E-state index contributed by atoms with van der Waals surface area (Å²) in [6.07, 6.45) is 6.71. The van der Waals surface area contributed by atoms with Gasteiger partial charge in [-0.3, -0.25) is 9.59 Å². The van der Waals surface area contributed by atoms with Crippen LogP contribution < -0.4 is 20.2 Å². The smallest absolute Gasteiger partial charge is 0.262 e.